The summed E-state index contributed by atoms with van der Waals surface area (Å²) in [6, 6.07) is 16.6. The molecule has 25 heavy (non-hydrogen) atoms. The van der Waals surface area contributed by atoms with Crippen LogP contribution in [0.15, 0.2) is 81.7 Å². The van der Waals surface area contributed by atoms with E-state index in [-0.39, 0.29) is 5.48 Å². The van der Waals surface area contributed by atoms with Gasteiger partial charge < -0.3 is 15.2 Å². The Labute approximate surface area is 152 Å². The summed E-state index contributed by atoms with van der Waals surface area (Å²) < 4.78 is 5.70. The Bertz CT molecular complexity index is 904. The van der Waals surface area contributed by atoms with Gasteiger partial charge in [0.1, 0.15) is 11.3 Å². The molecule has 0 amide bonds. The lowest BCUT2D eigenvalue weighted by molar-refractivity contribution is 0.558. The number of thiazole rings is 1. The van der Waals surface area contributed by atoms with Gasteiger partial charge in [-0.1, -0.05) is 36.0 Å². The third-order valence-electron chi connectivity index (χ3n) is 3.28. The first-order valence-electron chi connectivity index (χ1n) is 7.32. The average Bonchev–Trinajstić information content (AvgIpc) is 3.35. The van der Waals surface area contributed by atoms with Gasteiger partial charge in [-0.25, -0.2) is 9.97 Å². The van der Waals surface area contributed by atoms with Gasteiger partial charge in [0.05, 0.1) is 27.1 Å². The van der Waals surface area contributed by atoms with Crippen LogP contribution in [0.2, 0.25) is 0 Å². The monoisotopic (exact) mass is 369 g/mol. The highest BCUT2D eigenvalue weighted by Crippen LogP contribution is 2.41. The predicted molar refractivity (Wildman–Crippen MR) is 104 cm³/mol. The second kappa shape index (κ2) is 7.98. The number of oxazole rings is 1. The van der Waals surface area contributed by atoms with Crippen molar-refractivity contribution in [3.05, 3.63) is 77.4 Å². The van der Waals surface area contributed by atoms with Gasteiger partial charge in [-0.3, -0.25) is 0 Å². The van der Waals surface area contributed by atoms with Crippen molar-refractivity contribution in [1.29, 1.82) is 0 Å². The van der Waals surface area contributed by atoms with Crippen LogP contribution in [0.3, 0.4) is 0 Å². The molecule has 126 valence electrons. The number of thioether (sulfide) groups is 1. The molecule has 5 nitrogen and oxygen atoms in total. The smallest absolute Gasteiger partial charge is 0.180 e. The van der Waals surface area contributed by atoms with Crippen molar-refractivity contribution in [2.24, 2.45) is 0 Å². The predicted octanol–water partition coefficient (Wildman–Crippen LogP) is 4.66. The van der Waals surface area contributed by atoms with E-state index < -0.39 is 0 Å². The molecule has 1 aliphatic rings. The Morgan fingerprint density at radius 3 is 2.60 bits per heavy atom. The number of hydrogen-bond donors (Lipinski definition) is 1. The van der Waals surface area contributed by atoms with Crippen molar-refractivity contribution in [1.82, 2.24) is 9.97 Å². The molecule has 3 heterocycles. The van der Waals surface area contributed by atoms with Crippen LogP contribution in [-0.4, -0.2) is 15.4 Å². The second-order valence-electron chi connectivity index (χ2n) is 4.93. The van der Waals surface area contributed by atoms with Gasteiger partial charge in [-0.15, -0.1) is 11.3 Å². The summed E-state index contributed by atoms with van der Waals surface area (Å²) in [5, 5.41) is 5.60. The molecule has 0 saturated carbocycles. The molecule has 0 bridgehead atoms. The minimum Gasteiger partial charge on any atom is -0.452 e. The molecular weight excluding hydrogens is 354 g/mol. The van der Waals surface area contributed by atoms with Crippen molar-refractivity contribution in [2.45, 2.75) is 4.90 Å². The van der Waals surface area contributed by atoms with E-state index in [0.29, 0.717) is 0 Å². The fourth-order valence-corrected chi connectivity index (χ4v) is 4.17. The third-order valence-corrected chi connectivity index (χ3v) is 5.28. The Balaban J connectivity index is 0.000000264. The lowest BCUT2D eigenvalue weighted by Crippen LogP contribution is -1.87. The summed E-state index contributed by atoms with van der Waals surface area (Å²) in [5.41, 5.74) is 2.25. The van der Waals surface area contributed by atoms with Gasteiger partial charge in [-0.2, -0.15) is 0 Å². The zero-order valence-corrected chi connectivity index (χ0v) is 14.7. The summed E-state index contributed by atoms with van der Waals surface area (Å²) in [7, 11) is 0. The molecule has 4 aromatic rings. The highest BCUT2D eigenvalue weighted by molar-refractivity contribution is 8.03. The number of nitrogens with zero attached hydrogens (tertiary/aromatic N) is 2. The molecule has 0 radical (unpaired) electrons. The Hall–Kier alpha value is -2.61. The molecule has 2 aromatic carbocycles. The van der Waals surface area contributed by atoms with Crippen LogP contribution >= 0.6 is 23.1 Å². The van der Waals surface area contributed by atoms with Gasteiger partial charge in [0.25, 0.3) is 0 Å². The fourth-order valence-electron chi connectivity index (χ4n) is 2.24. The number of aromatic nitrogens is 2. The molecule has 0 fully saturated rings. The maximum Gasteiger partial charge on any atom is 0.180 e. The highest BCUT2D eigenvalue weighted by atomic mass is 32.2. The molecular formula is C18H15N3O2S2. The van der Waals surface area contributed by atoms with Gasteiger partial charge in [-0.05, 0) is 24.3 Å². The van der Waals surface area contributed by atoms with E-state index in [4.69, 9.17) is 0 Å². The van der Waals surface area contributed by atoms with Crippen molar-refractivity contribution in [2.75, 3.05) is 5.32 Å². The van der Waals surface area contributed by atoms with Crippen LogP contribution < -0.4 is 5.32 Å². The summed E-state index contributed by atoms with van der Waals surface area (Å²) in [5.74, 6) is 0. The van der Waals surface area contributed by atoms with Crippen LogP contribution in [0.1, 0.15) is 5.01 Å². The van der Waals surface area contributed by atoms with Crippen molar-refractivity contribution in [3.8, 4) is 0 Å². The average molecular weight is 369 g/mol. The van der Waals surface area contributed by atoms with Crippen molar-refractivity contribution >= 4 is 45.1 Å². The third kappa shape index (κ3) is 4.08. The molecule has 0 atom stereocenters. The topological polar surface area (TPSA) is 82.5 Å². The molecule has 1 aliphatic heterocycles. The Kier molecular flexibility index (Phi) is 5.49. The van der Waals surface area contributed by atoms with Crippen LogP contribution in [0.25, 0.3) is 16.3 Å². The van der Waals surface area contributed by atoms with Gasteiger partial charge >= 0.3 is 0 Å². The molecule has 0 unspecified atom stereocenters. The van der Waals surface area contributed by atoms with Crippen LogP contribution in [0.5, 0.6) is 0 Å². The summed E-state index contributed by atoms with van der Waals surface area (Å²) in [4.78, 5) is 9.46. The van der Waals surface area contributed by atoms with E-state index in [9.17, 15) is 0 Å². The van der Waals surface area contributed by atoms with Crippen molar-refractivity contribution < 1.29 is 9.89 Å². The first kappa shape index (κ1) is 17.2. The second-order valence-corrected chi connectivity index (χ2v) is 7.07. The molecule has 5 rings (SSSR count). The van der Waals surface area contributed by atoms with E-state index in [0.717, 1.165) is 15.6 Å². The number of fused-ring (bicyclic) bond motifs is 2. The first-order chi connectivity index (χ1) is 11.9. The molecule has 2 aromatic heterocycles. The van der Waals surface area contributed by atoms with Crippen LogP contribution in [0, 0.1) is 0 Å². The van der Waals surface area contributed by atoms with Gasteiger partial charge in [0.2, 0.25) is 0 Å². The lowest BCUT2D eigenvalue weighted by Gasteiger charge is -1.95. The summed E-state index contributed by atoms with van der Waals surface area (Å²) >= 11 is 3.48. The van der Waals surface area contributed by atoms with E-state index in [1.807, 2.05) is 12.1 Å². The Morgan fingerprint density at radius 1 is 1.04 bits per heavy atom. The lowest BCUT2D eigenvalue weighted by atomic mass is 10.3. The van der Waals surface area contributed by atoms with Gasteiger partial charge in [0.15, 0.2) is 6.39 Å². The maximum atomic E-state index is 4.63. The largest absolute Gasteiger partial charge is 0.452 e. The highest BCUT2D eigenvalue weighted by Gasteiger charge is 2.15. The fraction of sp³-hybridized carbons (Fsp3) is 0. The van der Waals surface area contributed by atoms with Crippen LogP contribution in [0.4, 0.5) is 5.69 Å². The van der Waals surface area contributed by atoms with Crippen molar-refractivity contribution in [3.63, 3.8) is 0 Å². The van der Waals surface area contributed by atoms with E-state index >= 15 is 0 Å². The molecule has 0 saturated heterocycles. The normalized spacial score (nSPS) is 13.5. The van der Waals surface area contributed by atoms with E-state index in [1.165, 1.54) is 27.9 Å². The number of nitrogens with one attached hydrogen (secondary N) is 1. The number of benzene rings is 2. The minimum absolute atomic E-state index is 0. The summed E-state index contributed by atoms with van der Waals surface area (Å²) in [6.07, 6.45) is 6.59. The number of para-hydroxylation sites is 2. The Morgan fingerprint density at radius 2 is 1.88 bits per heavy atom. The first-order valence-corrected chi connectivity index (χ1v) is 8.95. The molecule has 7 heteroatoms. The standard InChI is InChI=1S/C15H10N2S2.C3H3NO.H2O/c1-3-7-12-10(5-1)16-14(18-12)9-15-17-11-6-2-4-8-13(11)19-15;1-2-5-3-4-1;/h1-9,16H;1-3H;1H2. The molecule has 0 aliphatic carbocycles. The number of hydrogen-bond acceptors (Lipinski definition) is 6. The molecule has 3 N–H and O–H groups in total. The number of rotatable bonds is 1. The molecule has 0 spiro atoms. The quantitative estimate of drug-likeness (QED) is 0.527. The minimum atomic E-state index is 0. The number of anilines is 1. The van der Waals surface area contributed by atoms with E-state index in [1.54, 1.807) is 29.3 Å². The van der Waals surface area contributed by atoms with Crippen LogP contribution in [-0.2, 0) is 0 Å². The maximum absolute atomic E-state index is 4.63. The zero-order valence-electron chi connectivity index (χ0n) is 13.0. The zero-order chi connectivity index (χ0) is 16.2. The van der Waals surface area contributed by atoms with Gasteiger partial charge in [0, 0.05) is 11.0 Å². The SMILES string of the molecule is C(=C1Nc2ccccc2S1)c1nc2ccccc2s1.O.c1cocn1. The van der Waals surface area contributed by atoms with E-state index in [2.05, 4.69) is 62.2 Å². The summed E-state index contributed by atoms with van der Waals surface area (Å²) in [6.45, 7) is 0.